The average Bonchev–Trinajstić information content (AvgIpc) is 3.36. The van der Waals surface area contributed by atoms with Crippen LogP contribution in [-0.4, -0.2) is 47.4 Å². The number of hydrogen-bond acceptors (Lipinski definition) is 4. The largest absolute Gasteiger partial charge is 0.497 e. The fourth-order valence-electron chi connectivity index (χ4n) is 5.69. The molecule has 2 aliphatic rings. The van der Waals surface area contributed by atoms with Crippen LogP contribution in [0.4, 0.5) is 10.5 Å². The lowest BCUT2D eigenvalue weighted by Gasteiger charge is -2.35. The van der Waals surface area contributed by atoms with Gasteiger partial charge in [0.1, 0.15) is 5.75 Å². The number of benzene rings is 2. The fraction of sp³-hybridized carbons (Fsp3) is 0.414. The van der Waals surface area contributed by atoms with Crippen molar-refractivity contribution in [3.8, 4) is 5.75 Å². The van der Waals surface area contributed by atoms with Crippen molar-refractivity contribution in [1.82, 2.24) is 15.2 Å². The topological polar surface area (TPSA) is 94.7 Å². The molecule has 0 bridgehead atoms. The van der Waals surface area contributed by atoms with Gasteiger partial charge in [-0.05, 0) is 62.6 Å². The Kier molecular flexibility index (Phi) is 6.43. The van der Waals surface area contributed by atoms with Crippen LogP contribution in [0, 0.1) is 0 Å². The van der Waals surface area contributed by atoms with Crippen molar-refractivity contribution >= 4 is 34.4 Å². The maximum atomic E-state index is 14.1. The van der Waals surface area contributed by atoms with Crippen molar-refractivity contribution in [2.24, 2.45) is 0 Å². The van der Waals surface area contributed by atoms with Crippen molar-refractivity contribution in [2.45, 2.75) is 64.5 Å². The number of methoxy groups -OCH3 is 1. The Bertz CT molecular complexity index is 1380. The summed E-state index contributed by atoms with van der Waals surface area (Å²) in [7, 11) is 1.62. The van der Waals surface area contributed by atoms with Gasteiger partial charge in [-0.25, -0.2) is 9.69 Å². The molecule has 5 rings (SSSR count). The van der Waals surface area contributed by atoms with Crippen molar-refractivity contribution < 1.29 is 19.1 Å². The lowest BCUT2D eigenvalue weighted by Crippen LogP contribution is -2.49. The third-order valence-electron chi connectivity index (χ3n) is 7.77. The van der Waals surface area contributed by atoms with Crippen LogP contribution in [0.1, 0.15) is 68.1 Å². The molecular weight excluding hydrogens is 468 g/mol. The van der Waals surface area contributed by atoms with Gasteiger partial charge >= 0.3 is 6.03 Å². The number of aromatic amines is 1. The number of rotatable bonds is 8. The average molecular weight is 503 g/mol. The van der Waals surface area contributed by atoms with Gasteiger partial charge in [0.2, 0.25) is 0 Å². The summed E-state index contributed by atoms with van der Waals surface area (Å²) >= 11 is 0. The van der Waals surface area contributed by atoms with Crippen molar-refractivity contribution in [1.29, 1.82) is 0 Å². The number of amides is 4. The summed E-state index contributed by atoms with van der Waals surface area (Å²) in [5.74, 6) is 0.0861. The first-order valence-electron chi connectivity index (χ1n) is 13.1. The van der Waals surface area contributed by atoms with Gasteiger partial charge in [-0.15, -0.1) is 0 Å². The van der Waals surface area contributed by atoms with Gasteiger partial charge in [-0.1, -0.05) is 38.3 Å². The molecule has 0 radical (unpaired) electrons. The minimum atomic E-state index is -1.20. The predicted octanol–water partition coefficient (Wildman–Crippen LogP) is 5.12. The molecule has 4 amide bonds. The summed E-state index contributed by atoms with van der Waals surface area (Å²) in [6, 6.07) is 12.2. The second-order valence-electron chi connectivity index (χ2n) is 10.2. The Morgan fingerprint density at radius 1 is 1.19 bits per heavy atom. The number of imide groups is 1. The predicted molar refractivity (Wildman–Crippen MR) is 143 cm³/mol. The van der Waals surface area contributed by atoms with Gasteiger partial charge in [-0.3, -0.25) is 9.59 Å². The van der Waals surface area contributed by atoms with Gasteiger partial charge in [0.05, 0.1) is 24.1 Å². The number of nitrogens with one attached hydrogen (secondary N) is 2. The van der Waals surface area contributed by atoms with Crippen LogP contribution >= 0.6 is 0 Å². The van der Waals surface area contributed by atoms with E-state index in [9.17, 15) is 14.4 Å². The second-order valence-corrected chi connectivity index (χ2v) is 10.2. The normalized spacial score (nSPS) is 19.7. The highest BCUT2D eigenvalue weighted by Crippen LogP contribution is 2.46. The number of unbranched alkanes of at least 4 members (excludes halogenated alkanes) is 2. The third-order valence-corrected chi connectivity index (χ3v) is 7.77. The van der Waals surface area contributed by atoms with Gasteiger partial charge < -0.3 is 19.9 Å². The lowest BCUT2D eigenvalue weighted by atomic mass is 9.87. The summed E-state index contributed by atoms with van der Waals surface area (Å²) < 4.78 is 5.41. The number of nitrogens with zero attached hydrogens (tertiary/aromatic N) is 2. The number of hydrogen-bond donors (Lipinski definition) is 2. The third kappa shape index (κ3) is 3.95. The zero-order valence-corrected chi connectivity index (χ0v) is 21.9. The summed E-state index contributed by atoms with van der Waals surface area (Å²) in [5.41, 5.74) is 2.05. The molecule has 37 heavy (non-hydrogen) atoms. The van der Waals surface area contributed by atoms with E-state index in [1.165, 1.54) is 4.90 Å². The van der Waals surface area contributed by atoms with Gasteiger partial charge in [-0.2, -0.15) is 0 Å². The molecule has 3 aromatic rings. The van der Waals surface area contributed by atoms with Crippen LogP contribution in [0.3, 0.4) is 0 Å². The highest BCUT2D eigenvalue weighted by atomic mass is 16.5. The fourth-order valence-corrected chi connectivity index (χ4v) is 5.69. The Morgan fingerprint density at radius 3 is 2.73 bits per heavy atom. The molecule has 3 heterocycles. The van der Waals surface area contributed by atoms with E-state index in [0.717, 1.165) is 47.9 Å². The minimum Gasteiger partial charge on any atom is -0.497 e. The SMILES string of the molecule is CCCCCC(C)NC(=O)c1ccccc1N1C(=O)N2CCc3c([nH]c4ccc(OC)cc34)C2(C)C1=O. The number of urea groups is 1. The maximum Gasteiger partial charge on any atom is 0.332 e. The van der Waals surface area contributed by atoms with Crippen LogP contribution in [0.2, 0.25) is 0 Å². The number of ether oxygens (including phenoxy) is 1. The number of para-hydroxylation sites is 1. The number of aromatic nitrogens is 1. The molecule has 2 unspecified atom stereocenters. The van der Waals surface area contributed by atoms with E-state index < -0.39 is 11.6 Å². The monoisotopic (exact) mass is 502 g/mol. The molecule has 2 aliphatic heterocycles. The molecule has 1 fully saturated rings. The highest BCUT2D eigenvalue weighted by molar-refractivity contribution is 6.25. The van der Waals surface area contributed by atoms with E-state index in [-0.39, 0.29) is 17.9 Å². The number of carbonyl (C=O) groups is 3. The first-order valence-corrected chi connectivity index (χ1v) is 13.1. The van der Waals surface area contributed by atoms with Gasteiger partial charge in [0.15, 0.2) is 5.54 Å². The zero-order valence-electron chi connectivity index (χ0n) is 21.9. The maximum absolute atomic E-state index is 14.1. The van der Waals surface area contributed by atoms with E-state index in [1.807, 2.05) is 25.1 Å². The molecule has 1 aromatic heterocycles. The Morgan fingerprint density at radius 2 is 1.97 bits per heavy atom. The molecule has 1 saturated heterocycles. The molecular formula is C29H34N4O4. The highest BCUT2D eigenvalue weighted by Gasteiger charge is 2.59. The van der Waals surface area contributed by atoms with Crippen molar-refractivity contribution in [3.05, 3.63) is 59.3 Å². The summed E-state index contributed by atoms with van der Waals surface area (Å²) in [6.07, 6.45) is 4.76. The summed E-state index contributed by atoms with van der Waals surface area (Å²) in [5, 5.41) is 4.04. The first-order chi connectivity index (χ1) is 17.8. The Balaban J connectivity index is 1.50. The Hall–Kier alpha value is -3.81. The first kappa shape index (κ1) is 24.9. The van der Waals surface area contributed by atoms with Crippen LogP contribution < -0.4 is 15.0 Å². The van der Waals surface area contributed by atoms with Crippen LogP contribution in [0.5, 0.6) is 5.75 Å². The molecule has 0 spiro atoms. The molecule has 2 atom stereocenters. The molecule has 0 aliphatic carbocycles. The van der Waals surface area contributed by atoms with Crippen LogP contribution in [0.15, 0.2) is 42.5 Å². The van der Waals surface area contributed by atoms with Crippen molar-refractivity contribution in [2.75, 3.05) is 18.6 Å². The zero-order chi connectivity index (χ0) is 26.3. The number of fused-ring (bicyclic) bond motifs is 5. The van der Waals surface area contributed by atoms with Gasteiger partial charge in [0.25, 0.3) is 11.8 Å². The molecule has 2 N–H and O–H groups in total. The quantitative estimate of drug-likeness (QED) is 0.330. The molecule has 8 heteroatoms. The van der Waals surface area contributed by atoms with E-state index in [2.05, 4.69) is 17.2 Å². The summed E-state index contributed by atoms with van der Waals surface area (Å²) in [4.78, 5) is 47.3. The van der Waals surface area contributed by atoms with E-state index in [4.69, 9.17) is 4.74 Å². The Labute approximate surface area is 217 Å². The number of anilines is 1. The van der Waals surface area contributed by atoms with Crippen LogP contribution in [-0.2, 0) is 16.8 Å². The molecule has 8 nitrogen and oxygen atoms in total. The summed E-state index contributed by atoms with van der Waals surface area (Å²) in [6.45, 7) is 6.32. The van der Waals surface area contributed by atoms with Crippen molar-refractivity contribution in [3.63, 3.8) is 0 Å². The van der Waals surface area contributed by atoms with E-state index >= 15 is 0 Å². The standard InChI is InChI=1S/C29H34N4O4/c1-5-6-7-10-18(2)30-26(34)21-11-8-9-12-24(21)33-27(35)29(3)25-20(15-16-32(29)28(33)36)22-17-19(37-4)13-14-23(22)31-25/h8-9,11-14,17-18,31H,5-7,10,15-16H2,1-4H3,(H,30,34). The second kappa shape index (κ2) is 9.57. The number of carbonyl (C=O) groups excluding carboxylic acids is 3. The smallest absolute Gasteiger partial charge is 0.332 e. The van der Waals surface area contributed by atoms with E-state index in [1.54, 1.807) is 43.2 Å². The molecule has 0 saturated carbocycles. The van der Waals surface area contributed by atoms with Crippen LogP contribution in [0.25, 0.3) is 10.9 Å². The van der Waals surface area contributed by atoms with Gasteiger partial charge in [0, 0.05) is 23.5 Å². The molecule has 2 aromatic carbocycles. The molecule has 194 valence electrons. The number of H-pyrrole nitrogens is 1. The van der Waals surface area contributed by atoms with E-state index in [0.29, 0.717) is 29.9 Å². The lowest BCUT2D eigenvalue weighted by molar-refractivity contribution is -0.125. The minimum absolute atomic E-state index is 0.00756.